The Kier molecular flexibility index (Phi) is 4.70. The number of rotatable bonds is 5. The van der Waals surface area contributed by atoms with Gasteiger partial charge >= 0.3 is 0 Å². The molecule has 1 aromatic rings. The van der Waals surface area contributed by atoms with Crippen LogP contribution >= 0.6 is 11.8 Å². The van der Waals surface area contributed by atoms with Crippen molar-refractivity contribution in [3.05, 3.63) is 29.8 Å². The summed E-state index contributed by atoms with van der Waals surface area (Å²) in [5, 5.41) is 0. The first-order valence-corrected chi connectivity index (χ1v) is 5.54. The van der Waals surface area contributed by atoms with Gasteiger partial charge in [-0.25, -0.2) is 0 Å². The molecule has 2 nitrogen and oxygen atoms in total. The van der Waals surface area contributed by atoms with E-state index in [1.807, 2.05) is 31.2 Å². The van der Waals surface area contributed by atoms with Crippen molar-refractivity contribution >= 4 is 17.5 Å². The zero-order chi connectivity index (χ0) is 10.4. The van der Waals surface area contributed by atoms with Crippen molar-refractivity contribution < 1.29 is 9.53 Å². The lowest BCUT2D eigenvalue weighted by atomic mass is 10.2. The van der Waals surface area contributed by atoms with Crippen LogP contribution in [0.15, 0.2) is 29.2 Å². The third-order valence-corrected chi connectivity index (χ3v) is 2.63. The molecule has 0 saturated carbocycles. The van der Waals surface area contributed by atoms with Crippen molar-refractivity contribution in [3.63, 3.8) is 0 Å². The highest BCUT2D eigenvalue weighted by atomic mass is 32.2. The van der Waals surface area contributed by atoms with Crippen LogP contribution in [0, 0.1) is 0 Å². The third kappa shape index (κ3) is 3.52. The van der Waals surface area contributed by atoms with Gasteiger partial charge in [0, 0.05) is 17.1 Å². The monoisotopic (exact) mass is 210 g/mol. The van der Waals surface area contributed by atoms with Gasteiger partial charge in [-0.05, 0) is 26.0 Å². The number of carbonyl (C=O) groups excluding carboxylic acids is 1. The fourth-order valence-corrected chi connectivity index (χ4v) is 1.77. The van der Waals surface area contributed by atoms with Crippen molar-refractivity contribution in [2.24, 2.45) is 0 Å². The fourth-order valence-electron chi connectivity index (χ4n) is 0.998. The molecule has 76 valence electrons. The Bertz CT molecular complexity index is 310. The van der Waals surface area contributed by atoms with Gasteiger partial charge in [-0.1, -0.05) is 23.9 Å². The SMILES string of the molecule is CCOCSc1cccc(C(C)=O)c1. The second-order valence-electron chi connectivity index (χ2n) is 2.84. The van der Waals surface area contributed by atoms with E-state index in [9.17, 15) is 4.79 Å². The van der Waals surface area contributed by atoms with Crippen molar-refractivity contribution in [2.75, 3.05) is 12.5 Å². The lowest BCUT2D eigenvalue weighted by Gasteiger charge is -2.02. The second-order valence-corrected chi connectivity index (χ2v) is 3.83. The summed E-state index contributed by atoms with van der Waals surface area (Å²) in [4.78, 5) is 12.2. The van der Waals surface area contributed by atoms with Crippen molar-refractivity contribution in [2.45, 2.75) is 18.7 Å². The largest absolute Gasteiger partial charge is 0.371 e. The number of hydrogen-bond acceptors (Lipinski definition) is 3. The molecule has 1 aromatic carbocycles. The minimum absolute atomic E-state index is 0.101. The number of ether oxygens (including phenoxy) is 1. The first-order chi connectivity index (χ1) is 6.74. The fraction of sp³-hybridized carbons (Fsp3) is 0.364. The van der Waals surface area contributed by atoms with E-state index in [4.69, 9.17) is 4.74 Å². The molecule has 0 radical (unpaired) electrons. The Morgan fingerprint density at radius 1 is 1.50 bits per heavy atom. The minimum Gasteiger partial charge on any atom is -0.371 e. The quantitative estimate of drug-likeness (QED) is 0.323. The number of Topliss-reactive ketones (excluding diaryl/α,β-unsaturated/α-hetero) is 1. The maximum absolute atomic E-state index is 11.1. The molecule has 14 heavy (non-hydrogen) atoms. The average molecular weight is 210 g/mol. The molecule has 0 atom stereocenters. The molecule has 0 bridgehead atoms. The summed E-state index contributed by atoms with van der Waals surface area (Å²) >= 11 is 1.60. The molecule has 0 N–H and O–H groups in total. The molecule has 0 aliphatic heterocycles. The average Bonchev–Trinajstić information content (AvgIpc) is 2.19. The summed E-state index contributed by atoms with van der Waals surface area (Å²) in [6.45, 7) is 4.26. The topological polar surface area (TPSA) is 26.3 Å². The summed E-state index contributed by atoms with van der Waals surface area (Å²) < 4.78 is 5.22. The van der Waals surface area contributed by atoms with E-state index < -0.39 is 0 Å². The predicted octanol–water partition coefficient (Wildman–Crippen LogP) is 2.98. The number of carbonyl (C=O) groups is 1. The lowest BCUT2D eigenvalue weighted by Crippen LogP contribution is -1.92. The van der Waals surface area contributed by atoms with E-state index in [1.54, 1.807) is 18.7 Å². The number of thioether (sulfide) groups is 1. The lowest BCUT2D eigenvalue weighted by molar-refractivity contribution is 0.101. The molecule has 0 amide bonds. The highest BCUT2D eigenvalue weighted by Gasteiger charge is 2.00. The van der Waals surface area contributed by atoms with E-state index in [-0.39, 0.29) is 5.78 Å². The summed E-state index contributed by atoms with van der Waals surface area (Å²) in [6.07, 6.45) is 0. The summed E-state index contributed by atoms with van der Waals surface area (Å²) in [6, 6.07) is 7.60. The van der Waals surface area contributed by atoms with E-state index in [0.29, 0.717) is 5.94 Å². The summed E-state index contributed by atoms with van der Waals surface area (Å²) in [7, 11) is 0. The van der Waals surface area contributed by atoms with Crippen LogP contribution in [-0.2, 0) is 4.74 Å². The Labute approximate surface area is 88.7 Å². The zero-order valence-electron chi connectivity index (χ0n) is 8.45. The van der Waals surface area contributed by atoms with Crippen LogP contribution in [0.1, 0.15) is 24.2 Å². The third-order valence-electron chi connectivity index (χ3n) is 1.75. The Balaban J connectivity index is 2.59. The van der Waals surface area contributed by atoms with Crippen LogP contribution in [0.4, 0.5) is 0 Å². The van der Waals surface area contributed by atoms with Gasteiger partial charge in [-0.3, -0.25) is 4.79 Å². The normalized spacial score (nSPS) is 10.1. The van der Waals surface area contributed by atoms with E-state index in [1.165, 1.54) is 0 Å². The summed E-state index contributed by atoms with van der Waals surface area (Å²) in [5.74, 6) is 0.738. The van der Waals surface area contributed by atoms with Crippen LogP contribution in [0.25, 0.3) is 0 Å². The number of ketones is 1. The second kappa shape index (κ2) is 5.83. The van der Waals surface area contributed by atoms with E-state index in [0.717, 1.165) is 17.1 Å². The predicted molar refractivity (Wildman–Crippen MR) is 58.8 cm³/mol. The van der Waals surface area contributed by atoms with Gasteiger partial charge in [0.25, 0.3) is 0 Å². The molecule has 0 spiro atoms. The van der Waals surface area contributed by atoms with Gasteiger partial charge in [-0.15, -0.1) is 0 Å². The van der Waals surface area contributed by atoms with Crippen molar-refractivity contribution in [3.8, 4) is 0 Å². The molecular formula is C11H14O2S. The molecule has 1 rings (SSSR count). The van der Waals surface area contributed by atoms with Crippen LogP contribution < -0.4 is 0 Å². The maximum Gasteiger partial charge on any atom is 0.159 e. The number of benzene rings is 1. The first kappa shape index (κ1) is 11.3. The molecule has 3 heteroatoms. The molecule has 0 saturated heterocycles. The van der Waals surface area contributed by atoms with Gasteiger partial charge in [0.05, 0.1) is 5.94 Å². The van der Waals surface area contributed by atoms with Gasteiger partial charge in [-0.2, -0.15) is 0 Å². The summed E-state index contributed by atoms with van der Waals surface area (Å²) in [5.41, 5.74) is 0.756. The van der Waals surface area contributed by atoms with Gasteiger partial charge < -0.3 is 4.74 Å². The first-order valence-electron chi connectivity index (χ1n) is 4.55. The van der Waals surface area contributed by atoms with Crippen LogP contribution in [0.5, 0.6) is 0 Å². The number of hydrogen-bond donors (Lipinski definition) is 0. The Hall–Kier alpha value is -0.800. The van der Waals surface area contributed by atoms with Crippen molar-refractivity contribution in [1.29, 1.82) is 0 Å². The Morgan fingerprint density at radius 2 is 2.29 bits per heavy atom. The molecule has 0 aliphatic rings. The molecule has 0 fully saturated rings. The van der Waals surface area contributed by atoms with Crippen LogP contribution in [0.2, 0.25) is 0 Å². The maximum atomic E-state index is 11.1. The molecule has 0 unspecified atom stereocenters. The van der Waals surface area contributed by atoms with Crippen molar-refractivity contribution in [1.82, 2.24) is 0 Å². The van der Waals surface area contributed by atoms with Crippen LogP contribution in [-0.4, -0.2) is 18.3 Å². The van der Waals surface area contributed by atoms with E-state index in [2.05, 4.69) is 0 Å². The van der Waals surface area contributed by atoms with Gasteiger partial charge in [0.15, 0.2) is 5.78 Å². The van der Waals surface area contributed by atoms with Gasteiger partial charge in [0.1, 0.15) is 0 Å². The zero-order valence-corrected chi connectivity index (χ0v) is 9.26. The molecule has 0 heterocycles. The van der Waals surface area contributed by atoms with Gasteiger partial charge in [0.2, 0.25) is 0 Å². The molecule has 0 aliphatic carbocycles. The molecule has 0 aromatic heterocycles. The molecular weight excluding hydrogens is 196 g/mol. The standard InChI is InChI=1S/C11H14O2S/c1-3-13-8-14-11-6-4-5-10(7-11)9(2)12/h4-7H,3,8H2,1-2H3. The Morgan fingerprint density at radius 3 is 2.93 bits per heavy atom. The minimum atomic E-state index is 0.101. The highest BCUT2D eigenvalue weighted by molar-refractivity contribution is 7.99. The van der Waals surface area contributed by atoms with E-state index >= 15 is 0 Å². The smallest absolute Gasteiger partial charge is 0.159 e. The highest BCUT2D eigenvalue weighted by Crippen LogP contribution is 2.19. The van der Waals surface area contributed by atoms with Crippen LogP contribution in [0.3, 0.4) is 0 Å².